The van der Waals surface area contributed by atoms with E-state index in [0.717, 1.165) is 16.1 Å². The van der Waals surface area contributed by atoms with Crippen molar-refractivity contribution < 1.29 is 0 Å². The number of hydrazine groups is 1. The molecule has 3 heteroatoms. The zero-order valence-electron chi connectivity index (χ0n) is 9.65. The van der Waals surface area contributed by atoms with Crippen molar-refractivity contribution >= 4 is 11.6 Å². The summed E-state index contributed by atoms with van der Waals surface area (Å²) >= 11 is 6.00. The van der Waals surface area contributed by atoms with E-state index in [0.29, 0.717) is 0 Å². The van der Waals surface area contributed by atoms with Gasteiger partial charge in [0.1, 0.15) is 0 Å². The number of rotatable bonds is 3. The molecule has 0 saturated heterocycles. The molecule has 0 radical (unpaired) electrons. The molecule has 1 atom stereocenters. The molecule has 0 spiro atoms. The number of hydrogen-bond acceptors (Lipinski definition) is 2. The number of hydrogen-bond donors (Lipinski definition) is 2. The summed E-state index contributed by atoms with van der Waals surface area (Å²) in [6.07, 6.45) is 0. The molecule has 88 valence electrons. The lowest BCUT2D eigenvalue weighted by atomic mass is 9.98. The van der Waals surface area contributed by atoms with E-state index in [2.05, 4.69) is 30.5 Å². The molecule has 2 aromatic rings. The highest BCUT2D eigenvalue weighted by Gasteiger charge is 2.12. The first kappa shape index (κ1) is 12.1. The third-order valence-electron chi connectivity index (χ3n) is 2.72. The van der Waals surface area contributed by atoms with Crippen LogP contribution in [0.3, 0.4) is 0 Å². The first-order chi connectivity index (χ1) is 8.20. The standard InChI is InChI=1S/C14H15ClN2/c1-10-4-2-5-11(8-10)14(17-16)12-6-3-7-13(15)9-12/h2-9,14,17H,16H2,1H3. The SMILES string of the molecule is Cc1cccc(C(NN)c2cccc(Cl)c2)c1. The van der Waals surface area contributed by atoms with E-state index in [1.807, 2.05) is 30.3 Å². The van der Waals surface area contributed by atoms with Crippen molar-refractivity contribution in [2.24, 2.45) is 5.84 Å². The highest BCUT2D eigenvalue weighted by atomic mass is 35.5. The summed E-state index contributed by atoms with van der Waals surface area (Å²) < 4.78 is 0. The minimum absolute atomic E-state index is 0.0337. The Balaban J connectivity index is 2.40. The third kappa shape index (κ3) is 2.86. The van der Waals surface area contributed by atoms with Gasteiger partial charge in [-0.05, 0) is 30.2 Å². The van der Waals surface area contributed by atoms with Crippen molar-refractivity contribution in [2.75, 3.05) is 0 Å². The molecule has 3 N–H and O–H groups in total. The van der Waals surface area contributed by atoms with Crippen LogP contribution in [0.25, 0.3) is 0 Å². The van der Waals surface area contributed by atoms with E-state index in [1.54, 1.807) is 0 Å². The summed E-state index contributed by atoms with van der Waals surface area (Å²) in [6, 6.07) is 16.0. The Morgan fingerprint density at radius 2 is 1.71 bits per heavy atom. The summed E-state index contributed by atoms with van der Waals surface area (Å²) in [6.45, 7) is 2.06. The Labute approximate surface area is 106 Å². The fraction of sp³-hybridized carbons (Fsp3) is 0.143. The Bertz CT molecular complexity index is 466. The number of aryl methyl sites for hydroxylation is 1. The quantitative estimate of drug-likeness (QED) is 0.645. The molecule has 2 rings (SSSR count). The van der Waals surface area contributed by atoms with Crippen molar-refractivity contribution in [3.63, 3.8) is 0 Å². The minimum Gasteiger partial charge on any atom is -0.271 e. The molecule has 0 aliphatic heterocycles. The van der Waals surface area contributed by atoms with Crippen LogP contribution in [0.1, 0.15) is 22.7 Å². The fourth-order valence-corrected chi connectivity index (χ4v) is 2.12. The molecule has 0 heterocycles. The van der Waals surface area contributed by atoms with Crippen molar-refractivity contribution in [1.82, 2.24) is 5.43 Å². The van der Waals surface area contributed by atoms with Crippen LogP contribution in [0.2, 0.25) is 5.02 Å². The van der Waals surface area contributed by atoms with Gasteiger partial charge in [0, 0.05) is 5.02 Å². The lowest BCUT2D eigenvalue weighted by Crippen LogP contribution is -2.28. The molecule has 0 aromatic heterocycles. The average Bonchev–Trinajstić information content (AvgIpc) is 2.30. The third-order valence-corrected chi connectivity index (χ3v) is 2.96. The molecule has 0 fully saturated rings. The first-order valence-corrected chi connectivity index (χ1v) is 5.86. The number of nitrogens with one attached hydrogen (secondary N) is 1. The normalized spacial score (nSPS) is 12.4. The van der Waals surface area contributed by atoms with Gasteiger partial charge in [-0.25, -0.2) is 5.43 Å². The Morgan fingerprint density at radius 1 is 1.06 bits per heavy atom. The number of halogens is 1. The molecule has 0 amide bonds. The highest BCUT2D eigenvalue weighted by molar-refractivity contribution is 6.30. The van der Waals surface area contributed by atoms with Gasteiger partial charge in [-0.15, -0.1) is 0 Å². The molecular formula is C14H15ClN2. The average molecular weight is 247 g/mol. The monoisotopic (exact) mass is 246 g/mol. The zero-order valence-corrected chi connectivity index (χ0v) is 10.4. The zero-order chi connectivity index (χ0) is 12.3. The van der Waals surface area contributed by atoms with Crippen molar-refractivity contribution in [3.8, 4) is 0 Å². The number of benzene rings is 2. The van der Waals surface area contributed by atoms with Gasteiger partial charge in [-0.2, -0.15) is 0 Å². The van der Waals surface area contributed by atoms with Gasteiger partial charge in [0.2, 0.25) is 0 Å². The maximum absolute atomic E-state index is 6.00. The predicted molar refractivity (Wildman–Crippen MR) is 71.8 cm³/mol. The molecule has 0 bridgehead atoms. The van der Waals surface area contributed by atoms with Gasteiger partial charge in [0.05, 0.1) is 6.04 Å². The van der Waals surface area contributed by atoms with E-state index in [-0.39, 0.29) is 6.04 Å². The first-order valence-electron chi connectivity index (χ1n) is 5.49. The van der Waals surface area contributed by atoms with E-state index in [1.165, 1.54) is 5.56 Å². The van der Waals surface area contributed by atoms with Crippen LogP contribution >= 0.6 is 11.6 Å². The predicted octanol–water partition coefficient (Wildman–Crippen LogP) is 3.20. The maximum Gasteiger partial charge on any atom is 0.0710 e. The fourth-order valence-electron chi connectivity index (χ4n) is 1.92. The van der Waals surface area contributed by atoms with Gasteiger partial charge in [0.25, 0.3) is 0 Å². The maximum atomic E-state index is 6.00. The topological polar surface area (TPSA) is 38.0 Å². The molecule has 2 nitrogen and oxygen atoms in total. The van der Waals surface area contributed by atoms with Crippen LogP contribution < -0.4 is 11.3 Å². The lowest BCUT2D eigenvalue weighted by Gasteiger charge is -2.17. The summed E-state index contributed by atoms with van der Waals surface area (Å²) in [5.74, 6) is 5.64. The van der Waals surface area contributed by atoms with Crippen LogP contribution in [0.15, 0.2) is 48.5 Å². The molecule has 0 aliphatic rings. The van der Waals surface area contributed by atoms with Gasteiger partial charge < -0.3 is 0 Å². The molecule has 2 aromatic carbocycles. The van der Waals surface area contributed by atoms with E-state index in [9.17, 15) is 0 Å². The summed E-state index contributed by atoms with van der Waals surface area (Å²) in [5, 5.41) is 0.718. The van der Waals surface area contributed by atoms with Gasteiger partial charge in [-0.3, -0.25) is 5.84 Å². The molecule has 17 heavy (non-hydrogen) atoms. The summed E-state index contributed by atoms with van der Waals surface area (Å²) in [5.41, 5.74) is 6.24. The van der Waals surface area contributed by atoms with Crippen LogP contribution in [0.4, 0.5) is 0 Å². The molecule has 0 aliphatic carbocycles. The van der Waals surface area contributed by atoms with Crippen LogP contribution in [0.5, 0.6) is 0 Å². The van der Waals surface area contributed by atoms with E-state index < -0.39 is 0 Å². The van der Waals surface area contributed by atoms with Crippen molar-refractivity contribution in [2.45, 2.75) is 13.0 Å². The molecule has 1 unspecified atom stereocenters. The molecular weight excluding hydrogens is 232 g/mol. The van der Waals surface area contributed by atoms with Crippen LogP contribution in [-0.4, -0.2) is 0 Å². The van der Waals surface area contributed by atoms with Crippen LogP contribution in [-0.2, 0) is 0 Å². The van der Waals surface area contributed by atoms with Gasteiger partial charge >= 0.3 is 0 Å². The smallest absolute Gasteiger partial charge is 0.0710 e. The largest absolute Gasteiger partial charge is 0.271 e. The van der Waals surface area contributed by atoms with Crippen molar-refractivity contribution in [3.05, 3.63) is 70.2 Å². The van der Waals surface area contributed by atoms with Gasteiger partial charge in [0.15, 0.2) is 0 Å². The Kier molecular flexibility index (Phi) is 3.79. The second-order valence-corrected chi connectivity index (χ2v) is 4.51. The van der Waals surface area contributed by atoms with Crippen LogP contribution in [0, 0.1) is 6.92 Å². The highest BCUT2D eigenvalue weighted by Crippen LogP contribution is 2.24. The Hall–Kier alpha value is -1.35. The Morgan fingerprint density at radius 3 is 2.29 bits per heavy atom. The van der Waals surface area contributed by atoms with Gasteiger partial charge in [-0.1, -0.05) is 53.6 Å². The van der Waals surface area contributed by atoms with Crippen molar-refractivity contribution in [1.29, 1.82) is 0 Å². The summed E-state index contributed by atoms with van der Waals surface area (Å²) in [7, 11) is 0. The number of nitrogens with two attached hydrogens (primary N) is 1. The lowest BCUT2D eigenvalue weighted by molar-refractivity contribution is 0.636. The summed E-state index contributed by atoms with van der Waals surface area (Å²) in [4.78, 5) is 0. The van der Waals surface area contributed by atoms with E-state index >= 15 is 0 Å². The molecule has 0 saturated carbocycles. The second kappa shape index (κ2) is 5.32. The van der Waals surface area contributed by atoms with E-state index in [4.69, 9.17) is 17.4 Å². The second-order valence-electron chi connectivity index (χ2n) is 4.07. The minimum atomic E-state index is -0.0337.